The van der Waals surface area contributed by atoms with Crippen molar-refractivity contribution in [3.05, 3.63) is 47.0 Å². The smallest absolute Gasteiger partial charge is 0.220 e. The summed E-state index contributed by atoms with van der Waals surface area (Å²) in [6, 6.07) is 7.77. The Morgan fingerprint density at radius 2 is 1.81 bits per heavy atom. The molecule has 0 spiro atoms. The lowest BCUT2D eigenvalue weighted by Crippen LogP contribution is -2.46. The summed E-state index contributed by atoms with van der Waals surface area (Å²) in [7, 11) is 0. The van der Waals surface area contributed by atoms with Crippen molar-refractivity contribution in [2.75, 3.05) is 18.0 Å². The number of morpholine rings is 1. The number of pyridine rings is 1. The van der Waals surface area contributed by atoms with Crippen LogP contribution in [0.1, 0.15) is 57.0 Å². The number of nitrogens with zero attached hydrogens (tertiary/aromatic N) is 2. The summed E-state index contributed by atoms with van der Waals surface area (Å²) in [5, 5.41) is 2.99. The molecule has 4 rings (SSSR count). The zero-order valence-electron chi connectivity index (χ0n) is 19.8. The van der Waals surface area contributed by atoms with Gasteiger partial charge < -0.3 is 15.0 Å². The van der Waals surface area contributed by atoms with E-state index in [4.69, 9.17) is 4.74 Å². The third-order valence-corrected chi connectivity index (χ3v) is 6.53. The van der Waals surface area contributed by atoms with Gasteiger partial charge in [0.15, 0.2) is 5.82 Å². The molecule has 0 radical (unpaired) electrons. The van der Waals surface area contributed by atoms with Gasteiger partial charge in [-0.1, -0.05) is 13.0 Å². The lowest BCUT2D eigenvalue weighted by Gasteiger charge is -2.37. The Kier molecular flexibility index (Phi) is 6.26. The third-order valence-electron chi connectivity index (χ3n) is 6.53. The molecule has 5 nitrogen and oxygen atoms in total. The maximum atomic E-state index is 16.0. The Labute approximate surface area is 190 Å². The number of halogens is 1. The maximum absolute atomic E-state index is 16.0. The normalized spacial score (nSPS) is 22.0. The topological polar surface area (TPSA) is 54.5 Å². The van der Waals surface area contributed by atoms with Crippen molar-refractivity contribution in [2.45, 2.75) is 72.6 Å². The van der Waals surface area contributed by atoms with Crippen molar-refractivity contribution >= 4 is 11.6 Å². The molecule has 0 unspecified atom stereocenters. The van der Waals surface area contributed by atoms with E-state index in [2.05, 4.69) is 22.1 Å². The van der Waals surface area contributed by atoms with Gasteiger partial charge in [0.25, 0.3) is 0 Å². The molecular formula is C26H34FN3O2. The molecule has 2 fully saturated rings. The highest BCUT2D eigenvalue weighted by Crippen LogP contribution is 2.48. The number of aromatic nitrogens is 1. The van der Waals surface area contributed by atoms with Crippen LogP contribution >= 0.6 is 0 Å². The van der Waals surface area contributed by atoms with Gasteiger partial charge in [0, 0.05) is 43.0 Å². The molecule has 6 heteroatoms. The van der Waals surface area contributed by atoms with E-state index in [1.165, 1.54) is 0 Å². The van der Waals surface area contributed by atoms with Gasteiger partial charge in [0.05, 0.1) is 17.9 Å². The minimum atomic E-state index is -0.270. The van der Waals surface area contributed by atoms with Crippen molar-refractivity contribution < 1.29 is 13.9 Å². The number of benzene rings is 1. The number of hydrogen-bond acceptors (Lipinski definition) is 4. The van der Waals surface area contributed by atoms with E-state index in [1.54, 1.807) is 0 Å². The summed E-state index contributed by atoms with van der Waals surface area (Å²) in [6.07, 6.45) is 2.73. The molecule has 1 aromatic carbocycles. The highest BCUT2D eigenvalue weighted by atomic mass is 19.1. The average Bonchev–Trinajstić information content (AvgIpc) is 3.41. The largest absolute Gasteiger partial charge is 0.372 e. The standard InChI is InChI=1S/C26H34FN3O2/c1-16-10-20(11-17(2)29-16)21-6-7-23(30-14-18(3)32-19(4)15-30)25(27)22(21)13-28-24(31)12-26(5)8-9-26/h6-7,10-11,18-19H,8-9,12-15H2,1-5H3,(H,28,31)/t18-,19+. The second-order valence-electron chi connectivity index (χ2n) is 9.99. The van der Waals surface area contributed by atoms with Crippen molar-refractivity contribution in [1.29, 1.82) is 0 Å². The second kappa shape index (κ2) is 8.81. The first-order valence-corrected chi connectivity index (χ1v) is 11.6. The number of nitrogens with one attached hydrogen (secondary N) is 1. The van der Waals surface area contributed by atoms with Crippen LogP contribution in [-0.2, 0) is 16.1 Å². The number of carbonyl (C=O) groups excluding carboxylic acids is 1. The van der Waals surface area contributed by atoms with Crippen LogP contribution in [0.2, 0.25) is 0 Å². The lowest BCUT2D eigenvalue weighted by molar-refractivity contribution is -0.122. The molecule has 2 heterocycles. The molecule has 1 aliphatic heterocycles. The van der Waals surface area contributed by atoms with Crippen LogP contribution in [0.15, 0.2) is 24.3 Å². The van der Waals surface area contributed by atoms with Gasteiger partial charge in [0.2, 0.25) is 5.91 Å². The molecule has 2 atom stereocenters. The Morgan fingerprint density at radius 3 is 2.41 bits per heavy atom. The molecule has 2 aliphatic rings. The molecular weight excluding hydrogens is 405 g/mol. The molecule has 0 bridgehead atoms. The first-order valence-electron chi connectivity index (χ1n) is 11.6. The van der Waals surface area contributed by atoms with E-state index in [1.807, 2.05) is 52.0 Å². The highest BCUT2D eigenvalue weighted by molar-refractivity contribution is 5.78. The van der Waals surface area contributed by atoms with E-state index in [9.17, 15) is 4.79 Å². The number of aryl methyl sites for hydroxylation is 2. The Bertz CT molecular complexity index is 988. The second-order valence-corrected chi connectivity index (χ2v) is 9.99. The summed E-state index contributed by atoms with van der Waals surface area (Å²) in [5.74, 6) is -0.287. The predicted molar refractivity (Wildman–Crippen MR) is 125 cm³/mol. The molecule has 1 aliphatic carbocycles. The fourth-order valence-electron chi connectivity index (χ4n) is 4.69. The summed E-state index contributed by atoms with van der Waals surface area (Å²) in [6.45, 7) is 11.5. The quantitative estimate of drug-likeness (QED) is 0.694. The fourth-order valence-corrected chi connectivity index (χ4v) is 4.69. The molecule has 1 N–H and O–H groups in total. The molecule has 1 aromatic heterocycles. The number of carbonyl (C=O) groups is 1. The monoisotopic (exact) mass is 439 g/mol. The summed E-state index contributed by atoms with van der Waals surface area (Å²) in [5.41, 5.74) is 4.70. The number of amides is 1. The molecule has 1 amide bonds. The molecule has 32 heavy (non-hydrogen) atoms. The van der Waals surface area contributed by atoms with Crippen LogP contribution < -0.4 is 10.2 Å². The van der Waals surface area contributed by atoms with E-state index >= 15 is 4.39 Å². The van der Waals surface area contributed by atoms with Gasteiger partial charge in [-0.2, -0.15) is 0 Å². The van der Waals surface area contributed by atoms with E-state index < -0.39 is 0 Å². The number of hydrogen-bond donors (Lipinski definition) is 1. The molecule has 172 valence electrons. The molecule has 1 saturated heterocycles. The summed E-state index contributed by atoms with van der Waals surface area (Å²) < 4.78 is 21.8. The Balaban J connectivity index is 1.68. The van der Waals surface area contributed by atoms with E-state index in [-0.39, 0.29) is 35.9 Å². The summed E-state index contributed by atoms with van der Waals surface area (Å²) >= 11 is 0. The molecule has 2 aromatic rings. The van der Waals surface area contributed by atoms with Crippen LogP contribution in [0.5, 0.6) is 0 Å². The number of ether oxygens (including phenoxy) is 1. The van der Waals surface area contributed by atoms with Gasteiger partial charge in [-0.05, 0) is 75.3 Å². The molecule has 1 saturated carbocycles. The first kappa shape index (κ1) is 22.7. The van der Waals surface area contributed by atoms with E-state index in [0.717, 1.165) is 35.4 Å². The van der Waals surface area contributed by atoms with Crippen molar-refractivity contribution in [1.82, 2.24) is 10.3 Å². The van der Waals surface area contributed by atoms with Crippen molar-refractivity contribution in [3.8, 4) is 11.1 Å². The minimum Gasteiger partial charge on any atom is -0.372 e. The van der Waals surface area contributed by atoms with Crippen molar-refractivity contribution in [3.63, 3.8) is 0 Å². The van der Waals surface area contributed by atoms with Crippen LogP contribution in [0, 0.1) is 25.1 Å². The Hall–Kier alpha value is -2.47. The zero-order chi connectivity index (χ0) is 23.0. The fraction of sp³-hybridized carbons (Fsp3) is 0.538. The minimum absolute atomic E-state index is 0.0172. The first-order chi connectivity index (χ1) is 15.1. The summed E-state index contributed by atoms with van der Waals surface area (Å²) in [4.78, 5) is 19.0. The van der Waals surface area contributed by atoms with Crippen LogP contribution in [-0.4, -0.2) is 36.2 Å². The van der Waals surface area contributed by atoms with E-state index in [0.29, 0.717) is 30.8 Å². The van der Waals surface area contributed by atoms with Gasteiger partial charge >= 0.3 is 0 Å². The van der Waals surface area contributed by atoms with Gasteiger partial charge in [-0.25, -0.2) is 4.39 Å². The van der Waals surface area contributed by atoms with Crippen LogP contribution in [0.4, 0.5) is 10.1 Å². The SMILES string of the molecule is Cc1cc(-c2ccc(N3C[C@@H](C)O[C@@H](C)C3)c(F)c2CNC(=O)CC2(C)CC2)cc(C)n1. The average molecular weight is 440 g/mol. The van der Waals surface area contributed by atoms with Crippen LogP contribution in [0.3, 0.4) is 0 Å². The number of rotatable bonds is 6. The van der Waals surface area contributed by atoms with Gasteiger partial charge in [-0.15, -0.1) is 0 Å². The van der Waals surface area contributed by atoms with Crippen LogP contribution in [0.25, 0.3) is 11.1 Å². The highest BCUT2D eigenvalue weighted by Gasteiger charge is 2.39. The predicted octanol–water partition coefficient (Wildman–Crippen LogP) is 4.92. The Morgan fingerprint density at radius 1 is 1.19 bits per heavy atom. The lowest BCUT2D eigenvalue weighted by atomic mass is 9.96. The van der Waals surface area contributed by atoms with Gasteiger partial charge in [0.1, 0.15) is 0 Å². The zero-order valence-corrected chi connectivity index (χ0v) is 19.8. The maximum Gasteiger partial charge on any atom is 0.220 e. The number of anilines is 1. The van der Waals surface area contributed by atoms with Crippen molar-refractivity contribution in [2.24, 2.45) is 5.41 Å². The van der Waals surface area contributed by atoms with Gasteiger partial charge in [-0.3, -0.25) is 9.78 Å². The third kappa shape index (κ3) is 5.12.